The highest BCUT2D eigenvalue weighted by molar-refractivity contribution is 14.0. The predicted molar refractivity (Wildman–Crippen MR) is 138 cm³/mol. The molecule has 180 valence electrons. The van der Waals surface area contributed by atoms with E-state index in [1.165, 1.54) is 6.07 Å². The van der Waals surface area contributed by atoms with Gasteiger partial charge in [0.05, 0.1) is 6.54 Å². The molecule has 2 aliphatic rings. The van der Waals surface area contributed by atoms with Crippen LogP contribution >= 0.6 is 24.0 Å². The van der Waals surface area contributed by atoms with E-state index in [4.69, 9.17) is 10.7 Å². The number of likely N-dealkylation sites (tertiary alicyclic amines) is 2. The van der Waals surface area contributed by atoms with Crippen molar-refractivity contribution in [1.29, 1.82) is 0 Å². The van der Waals surface area contributed by atoms with E-state index in [-0.39, 0.29) is 35.7 Å². The van der Waals surface area contributed by atoms with E-state index >= 15 is 0 Å². The van der Waals surface area contributed by atoms with Gasteiger partial charge in [-0.2, -0.15) is 0 Å². The Hall–Kier alpha value is -1.46. The number of benzene rings is 1. The third-order valence-electron chi connectivity index (χ3n) is 6.22. The number of hydrogen-bond donors (Lipinski definition) is 3. The van der Waals surface area contributed by atoms with Crippen LogP contribution in [0.4, 0.5) is 4.39 Å². The molecule has 7 nitrogen and oxygen atoms in total. The van der Waals surface area contributed by atoms with Crippen LogP contribution in [0.3, 0.4) is 0 Å². The Morgan fingerprint density at radius 1 is 1.12 bits per heavy atom. The third-order valence-corrected chi connectivity index (χ3v) is 6.22. The summed E-state index contributed by atoms with van der Waals surface area (Å²) in [6.45, 7) is 8.46. The molecule has 0 radical (unpaired) electrons. The quantitative estimate of drug-likeness (QED) is 0.258. The normalized spacial score (nSPS) is 19.4. The highest BCUT2D eigenvalue weighted by Gasteiger charge is 2.22. The fraction of sp³-hybridized carbons (Fsp3) is 0.652. The summed E-state index contributed by atoms with van der Waals surface area (Å²) in [4.78, 5) is 20.4. The number of primary amides is 1. The Morgan fingerprint density at radius 2 is 1.78 bits per heavy atom. The van der Waals surface area contributed by atoms with Crippen LogP contribution in [0.5, 0.6) is 0 Å². The van der Waals surface area contributed by atoms with Crippen molar-refractivity contribution < 1.29 is 9.18 Å². The third kappa shape index (κ3) is 8.82. The number of carbonyl (C=O) groups is 1. The molecule has 2 saturated heterocycles. The van der Waals surface area contributed by atoms with E-state index in [9.17, 15) is 9.18 Å². The van der Waals surface area contributed by atoms with Gasteiger partial charge in [-0.15, -0.1) is 24.0 Å². The topological polar surface area (TPSA) is 86.0 Å². The second-order valence-corrected chi connectivity index (χ2v) is 8.69. The molecule has 1 amide bonds. The zero-order valence-corrected chi connectivity index (χ0v) is 21.4. The van der Waals surface area contributed by atoms with Gasteiger partial charge in [0.2, 0.25) is 5.91 Å². The first-order valence-corrected chi connectivity index (χ1v) is 11.5. The van der Waals surface area contributed by atoms with Crippen LogP contribution in [0.1, 0.15) is 38.2 Å². The number of guanidine groups is 1. The standard InChI is InChI=1S/C23H37FN6O.HI/c1-2-26-23(28-20-9-13-30(14-10-20)17-22(25)31)27-15-18-7-11-29(12-8-18)16-19-5-3-4-6-21(19)24;/h3-6,18,20H,2,7-17H2,1H3,(H2,25,31)(H2,26,27,28);1H. The molecule has 0 spiro atoms. The molecule has 2 fully saturated rings. The summed E-state index contributed by atoms with van der Waals surface area (Å²) in [5.41, 5.74) is 6.07. The lowest BCUT2D eigenvalue weighted by molar-refractivity contribution is -0.119. The molecule has 0 unspecified atom stereocenters. The van der Waals surface area contributed by atoms with Crippen molar-refractivity contribution in [1.82, 2.24) is 20.4 Å². The molecule has 2 aliphatic heterocycles. The number of piperidine rings is 2. The molecular formula is C23H38FIN6O. The molecule has 0 aliphatic carbocycles. The molecule has 3 rings (SSSR count). The predicted octanol–water partition coefficient (Wildman–Crippen LogP) is 2.16. The zero-order chi connectivity index (χ0) is 22.1. The molecule has 9 heteroatoms. The summed E-state index contributed by atoms with van der Waals surface area (Å²) < 4.78 is 13.9. The lowest BCUT2D eigenvalue weighted by Crippen LogP contribution is -2.50. The minimum absolute atomic E-state index is 0. The van der Waals surface area contributed by atoms with Gasteiger partial charge < -0.3 is 16.4 Å². The average molecular weight is 561 g/mol. The Balaban J connectivity index is 0.00000363. The number of carbonyl (C=O) groups excluding carboxylic acids is 1. The molecule has 32 heavy (non-hydrogen) atoms. The van der Waals surface area contributed by atoms with Crippen molar-refractivity contribution in [3.63, 3.8) is 0 Å². The minimum atomic E-state index is -0.263. The first kappa shape index (κ1) is 26.8. The Morgan fingerprint density at radius 3 is 2.41 bits per heavy atom. The van der Waals surface area contributed by atoms with Gasteiger partial charge in [0.25, 0.3) is 0 Å². The van der Waals surface area contributed by atoms with Gasteiger partial charge in [0.15, 0.2) is 5.96 Å². The van der Waals surface area contributed by atoms with Gasteiger partial charge >= 0.3 is 0 Å². The van der Waals surface area contributed by atoms with Crippen molar-refractivity contribution in [2.75, 3.05) is 45.8 Å². The molecule has 0 bridgehead atoms. The number of amides is 1. The summed E-state index contributed by atoms with van der Waals surface area (Å²) in [7, 11) is 0. The lowest BCUT2D eigenvalue weighted by Gasteiger charge is -2.33. The van der Waals surface area contributed by atoms with Gasteiger partial charge in [-0.3, -0.25) is 19.6 Å². The summed E-state index contributed by atoms with van der Waals surface area (Å²) in [6, 6.07) is 7.41. The van der Waals surface area contributed by atoms with Crippen LogP contribution in [0.15, 0.2) is 29.3 Å². The van der Waals surface area contributed by atoms with Gasteiger partial charge in [-0.1, -0.05) is 18.2 Å². The van der Waals surface area contributed by atoms with Crippen molar-refractivity contribution >= 4 is 35.8 Å². The summed E-state index contributed by atoms with van der Waals surface area (Å²) in [5, 5.41) is 6.92. The van der Waals surface area contributed by atoms with Crippen LogP contribution in [0, 0.1) is 11.7 Å². The number of nitrogens with zero attached hydrogens (tertiary/aromatic N) is 3. The number of rotatable bonds is 8. The fourth-order valence-electron chi connectivity index (χ4n) is 4.38. The van der Waals surface area contributed by atoms with Crippen LogP contribution in [0.2, 0.25) is 0 Å². The maximum Gasteiger partial charge on any atom is 0.231 e. The van der Waals surface area contributed by atoms with Gasteiger partial charge in [-0.05, 0) is 57.7 Å². The highest BCUT2D eigenvalue weighted by Crippen LogP contribution is 2.20. The van der Waals surface area contributed by atoms with E-state index in [2.05, 4.69) is 27.4 Å². The number of hydrogen-bond acceptors (Lipinski definition) is 4. The smallest absolute Gasteiger partial charge is 0.231 e. The number of halogens is 2. The van der Waals surface area contributed by atoms with E-state index in [0.717, 1.165) is 76.5 Å². The SMILES string of the molecule is CCNC(=NCC1CCN(Cc2ccccc2F)CC1)NC1CCN(CC(N)=O)CC1.I. The zero-order valence-electron chi connectivity index (χ0n) is 19.1. The van der Waals surface area contributed by atoms with E-state index in [1.807, 2.05) is 12.1 Å². The van der Waals surface area contributed by atoms with Crippen LogP contribution in [0.25, 0.3) is 0 Å². The van der Waals surface area contributed by atoms with Crippen LogP contribution < -0.4 is 16.4 Å². The Kier molecular flexibility index (Phi) is 11.7. The molecule has 1 aromatic rings. The first-order chi connectivity index (χ1) is 15.0. The maximum atomic E-state index is 13.9. The number of nitrogens with two attached hydrogens (primary N) is 1. The van der Waals surface area contributed by atoms with Crippen molar-refractivity contribution in [2.24, 2.45) is 16.6 Å². The largest absolute Gasteiger partial charge is 0.369 e. The van der Waals surface area contributed by atoms with Crippen LogP contribution in [-0.4, -0.2) is 73.5 Å². The van der Waals surface area contributed by atoms with Crippen LogP contribution in [-0.2, 0) is 11.3 Å². The van der Waals surface area contributed by atoms with Gasteiger partial charge in [-0.25, -0.2) is 4.39 Å². The summed E-state index contributed by atoms with van der Waals surface area (Å²) in [5.74, 6) is 1.06. The lowest BCUT2D eigenvalue weighted by atomic mass is 9.96. The summed E-state index contributed by atoms with van der Waals surface area (Å²) >= 11 is 0. The maximum absolute atomic E-state index is 13.9. The molecule has 1 aromatic carbocycles. The molecule has 0 aromatic heterocycles. The van der Waals surface area contributed by atoms with Gasteiger partial charge in [0, 0.05) is 44.3 Å². The molecule has 0 atom stereocenters. The van der Waals surface area contributed by atoms with Crippen molar-refractivity contribution in [3.8, 4) is 0 Å². The summed E-state index contributed by atoms with van der Waals surface area (Å²) in [6.07, 6.45) is 4.13. The molecule has 0 saturated carbocycles. The average Bonchev–Trinajstić information content (AvgIpc) is 2.76. The van der Waals surface area contributed by atoms with E-state index in [1.54, 1.807) is 6.07 Å². The monoisotopic (exact) mass is 560 g/mol. The number of aliphatic imine (C=N–C) groups is 1. The minimum Gasteiger partial charge on any atom is -0.369 e. The Labute approximate surface area is 208 Å². The number of nitrogens with one attached hydrogen (secondary N) is 2. The fourth-order valence-corrected chi connectivity index (χ4v) is 4.38. The Bertz CT molecular complexity index is 733. The highest BCUT2D eigenvalue weighted by atomic mass is 127. The van der Waals surface area contributed by atoms with E-state index in [0.29, 0.717) is 25.0 Å². The first-order valence-electron chi connectivity index (χ1n) is 11.5. The molecule has 2 heterocycles. The second-order valence-electron chi connectivity index (χ2n) is 8.69. The van der Waals surface area contributed by atoms with E-state index < -0.39 is 0 Å². The second kappa shape index (κ2) is 13.9. The van der Waals surface area contributed by atoms with Crippen molar-refractivity contribution in [2.45, 2.75) is 45.2 Å². The molecule has 4 N–H and O–H groups in total. The van der Waals surface area contributed by atoms with Gasteiger partial charge in [0.1, 0.15) is 5.82 Å². The van der Waals surface area contributed by atoms with Crippen molar-refractivity contribution in [3.05, 3.63) is 35.6 Å². The molecular weight excluding hydrogens is 522 g/mol.